The minimum atomic E-state index is -0.964. The smallest absolute Gasteiger partial charge is 0.257 e. The zero-order valence-corrected chi connectivity index (χ0v) is 17.7. The molecule has 0 radical (unpaired) electrons. The molecule has 2 atom stereocenters. The summed E-state index contributed by atoms with van der Waals surface area (Å²) in [7, 11) is 0. The fourth-order valence-electron chi connectivity index (χ4n) is 4.83. The van der Waals surface area contributed by atoms with Crippen LogP contribution in [0.2, 0.25) is 0 Å². The van der Waals surface area contributed by atoms with E-state index in [1.165, 1.54) is 12.1 Å². The Kier molecular flexibility index (Phi) is 5.68. The first-order valence-electron chi connectivity index (χ1n) is 10.8. The number of nitrogens with zero attached hydrogens (tertiary/aromatic N) is 4. The lowest BCUT2D eigenvalue weighted by molar-refractivity contribution is -0.173. The number of benzene rings is 1. The van der Waals surface area contributed by atoms with Crippen molar-refractivity contribution in [3.63, 3.8) is 0 Å². The number of carbonyl (C=O) groups excluding carboxylic acids is 1. The molecule has 2 unspecified atom stereocenters. The van der Waals surface area contributed by atoms with Crippen molar-refractivity contribution in [1.82, 2.24) is 19.8 Å². The minimum Gasteiger partial charge on any atom is -0.361 e. The molecule has 2 fully saturated rings. The maximum absolute atomic E-state index is 13.9. The highest BCUT2D eigenvalue weighted by molar-refractivity contribution is 5.88. The highest BCUT2D eigenvalue weighted by atomic mass is 19.1. The maximum atomic E-state index is 13.9. The summed E-state index contributed by atoms with van der Waals surface area (Å²) in [6.07, 6.45) is 7.05. The monoisotopic (exact) mass is 432 g/mol. The summed E-state index contributed by atoms with van der Waals surface area (Å²) in [5, 5.41) is 0. The third-order valence-corrected chi connectivity index (χ3v) is 6.36. The molecule has 1 amide bonds. The van der Waals surface area contributed by atoms with Crippen molar-refractivity contribution in [2.24, 2.45) is 0 Å². The van der Waals surface area contributed by atoms with Gasteiger partial charge in [0.25, 0.3) is 5.91 Å². The Morgan fingerprint density at radius 3 is 2.53 bits per heavy atom. The molecule has 0 aliphatic carbocycles. The minimum absolute atomic E-state index is 0.0102. The largest absolute Gasteiger partial charge is 0.361 e. The van der Waals surface area contributed by atoms with Crippen molar-refractivity contribution in [2.75, 3.05) is 26.2 Å². The Bertz CT molecular complexity index is 1060. The van der Waals surface area contributed by atoms with E-state index in [1.807, 2.05) is 35.4 Å². The molecule has 2 aliphatic heterocycles. The molecule has 2 aromatic heterocycles. The summed E-state index contributed by atoms with van der Waals surface area (Å²) in [5.41, 5.74) is 2.08. The average Bonchev–Trinajstić information content (AvgIpc) is 3.18. The Hall–Kier alpha value is -3.16. The summed E-state index contributed by atoms with van der Waals surface area (Å²) in [4.78, 5) is 26.3. The number of morpholine rings is 1. The zero-order chi connectivity index (χ0) is 22.0. The fourth-order valence-corrected chi connectivity index (χ4v) is 4.83. The van der Waals surface area contributed by atoms with Gasteiger partial charge in [0, 0.05) is 63.4 Å². The van der Waals surface area contributed by atoms with E-state index in [1.54, 1.807) is 30.7 Å². The Balaban J connectivity index is 1.44. The van der Waals surface area contributed by atoms with Crippen LogP contribution in [0.15, 0.2) is 73.3 Å². The standard InChI is InChI=1S/C25H25FN4O2/c26-22-5-3-19(4-6-22)15-29-17-23(21-2-1-9-28-14-21)25(18-29)24(31)30(12-13-32-25)16-20-7-10-27-11-8-20/h1-11,14,23H,12-13,15-18H2. The van der Waals surface area contributed by atoms with Gasteiger partial charge in [0.05, 0.1) is 6.61 Å². The van der Waals surface area contributed by atoms with Gasteiger partial charge in [-0.05, 0) is 47.0 Å². The average molecular weight is 432 g/mol. The lowest BCUT2D eigenvalue weighted by atomic mass is 9.83. The summed E-state index contributed by atoms with van der Waals surface area (Å²) in [5.74, 6) is -0.377. The van der Waals surface area contributed by atoms with Crippen molar-refractivity contribution in [1.29, 1.82) is 0 Å². The van der Waals surface area contributed by atoms with Crippen LogP contribution in [-0.2, 0) is 22.6 Å². The molecule has 0 bridgehead atoms. The van der Waals surface area contributed by atoms with Gasteiger partial charge in [0.1, 0.15) is 5.82 Å². The van der Waals surface area contributed by atoms with Gasteiger partial charge in [-0.3, -0.25) is 19.7 Å². The predicted molar refractivity (Wildman–Crippen MR) is 117 cm³/mol. The molecule has 3 aromatic rings. The van der Waals surface area contributed by atoms with E-state index in [2.05, 4.69) is 14.9 Å². The van der Waals surface area contributed by atoms with Gasteiger partial charge < -0.3 is 9.64 Å². The molecular weight excluding hydrogens is 407 g/mol. The molecule has 1 aromatic carbocycles. The van der Waals surface area contributed by atoms with Crippen LogP contribution in [0, 0.1) is 5.82 Å². The number of halogens is 1. The van der Waals surface area contributed by atoms with E-state index in [9.17, 15) is 9.18 Å². The van der Waals surface area contributed by atoms with Crippen molar-refractivity contribution < 1.29 is 13.9 Å². The second-order valence-electron chi connectivity index (χ2n) is 8.46. The lowest BCUT2D eigenvalue weighted by Crippen LogP contribution is -2.59. The van der Waals surface area contributed by atoms with Crippen LogP contribution in [0.25, 0.3) is 0 Å². The molecule has 2 aliphatic rings. The number of amides is 1. The van der Waals surface area contributed by atoms with Gasteiger partial charge in [-0.2, -0.15) is 0 Å². The summed E-state index contributed by atoms with van der Waals surface area (Å²) < 4.78 is 19.7. The van der Waals surface area contributed by atoms with E-state index in [-0.39, 0.29) is 17.6 Å². The fraction of sp³-hybridized carbons (Fsp3) is 0.320. The topological polar surface area (TPSA) is 58.6 Å². The summed E-state index contributed by atoms with van der Waals surface area (Å²) in [6.45, 7) is 3.34. The van der Waals surface area contributed by atoms with Crippen LogP contribution in [0.4, 0.5) is 4.39 Å². The van der Waals surface area contributed by atoms with Gasteiger partial charge in [-0.25, -0.2) is 4.39 Å². The van der Waals surface area contributed by atoms with Gasteiger partial charge in [0.15, 0.2) is 5.60 Å². The molecule has 5 rings (SSSR count). The van der Waals surface area contributed by atoms with Crippen molar-refractivity contribution in [2.45, 2.75) is 24.6 Å². The van der Waals surface area contributed by atoms with Crippen LogP contribution >= 0.6 is 0 Å². The molecule has 0 saturated carbocycles. The number of pyridine rings is 2. The van der Waals surface area contributed by atoms with Crippen LogP contribution in [0.5, 0.6) is 0 Å². The first-order chi connectivity index (χ1) is 15.6. The van der Waals surface area contributed by atoms with E-state index in [0.717, 1.165) is 16.7 Å². The van der Waals surface area contributed by atoms with Crippen molar-refractivity contribution in [3.05, 3.63) is 95.8 Å². The van der Waals surface area contributed by atoms with Gasteiger partial charge in [-0.15, -0.1) is 0 Å². The summed E-state index contributed by atoms with van der Waals surface area (Å²) in [6, 6.07) is 14.3. The Labute approximate surface area is 186 Å². The van der Waals surface area contributed by atoms with E-state index < -0.39 is 5.60 Å². The predicted octanol–water partition coefficient (Wildman–Crippen LogP) is 3.01. The van der Waals surface area contributed by atoms with Gasteiger partial charge in [-0.1, -0.05) is 18.2 Å². The van der Waals surface area contributed by atoms with E-state index in [4.69, 9.17) is 4.74 Å². The Morgan fingerprint density at radius 2 is 1.78 bits per heavy atom. The number of hydrogen-bond donors (Lipinski definition) is 0. The highest BCUT2D eigenvalue weighted by Crippen LogP contribution is 2.42. The number of hydrogen-bond acceptors (Lipinski definition) is 5. The third kappa shape index (κ3) is 4.01. The molecule has 32 heavy (non-hydrogen) atoms. The van der Waals surface area contributed by atoms with Crippen molar-refractivity contribution >= 4 is 5.91 Å². The summed E-state index contributed by atoms with van der Waals surface area (Å²) >= 11 is 0. The highest BCUT2D eigenvalue weighted by Gasteiger charge is 2.56. The normalized spacial score (nSPS) is 23.7. The van der Waals surface area contributed by atoms with Gasteiger partial charge in [0.2, 0.25) is 0 Å². The number of carbonyl (C=O) groups is 1. The molecule has 4 heterocycles. The van der Waals surface area contributed by atoms with Crippen LogP contribution < -0.4 is 0 Å². The quantitative estimate of drug-likeness (QED) is 0.620. The first kappa shape index (κ1) is 20.7. The maximum Gasteiger partial charge on any atom is 0.257 e. The molecule has 6 nitrogen and oxygen atoms in total. The SMILES string of the molecule is O=C1N(Cc2ccncc2)CCOC12CN(Cc1ccc(F)cc1)CC2c1cccnc1. The third-order valence-electron chi connectivity index (χ3n) is 6.36. The van der Waals surface area contributed by atoms with E-state index >= 15 is 0 Å². The Morgan fingerprint density at radius 1 is 1.00 bits per heavy atom. The number of aromatic nitrogens is 2. The first-order valence-corrected chi connectivity index (χ1v) is 10.8. The number of rotatable bonds is 5. The number of likely N-dealkylation sites (tertiary alicyclic amines) is 1. The molecular formula is C25H25FN4O2. The second-order valence-corrected chi connectivity index (χ2v) is 8.46. The molecule has 0 N–H and O–H groups in total. The van der Waals surface area contributed by atoms with Crippen molar-refractivity contribution in [3.8, 4) is 0 Å². The number of ether oxygens (including phenoxy) is 1. The molecule has 164 valence electrons. The van der Waals surface area contributed by atoms with E-state index in [0.29, 0.717) is 39.3 Å². The molecule has 7 heteroatoms. The zero-order valence-electron chi connectivity index (χ0n) is 17.7. The molecule has 1 spiro atoms. The molecule has 2 saturated heterocycles. The van der Waals surface area contributed by atoms with Crippen LogP contribution in [0.1, 0.15) is 22.6 Å². The second kappa shape index (κ2) is 8.76. The van der Waals surface area contributed by atoms with Crippen LogP contribution in [-0.4, -0.2) is 57.5 Å². The van der Waals surface area contributed by atoms with Gasteiger partial charge >= 0.3 is 0 Å². The lowest BCUT2D eigenvalue weighted by Gasteiger charge is -2.42. The van der Waals surface area contributed by atoms with Crippen LogP contribution in [0.3, 0.4) is 0 Å².